The summed E-state index contributed by atoms with van der Waals surface area (Å²) in [5.41, 5.74) is 8.50. The van der Waals surface area contributed by atoms with Crippen molar-refractivity contribution in [2.75, 3.05) is 12.8 Å². The van der Waals surface area contributed by atoms with Gasteiger partial charge in [-0.1, -0.05) is 25.5 Å². The maximum atomic E-state index is 12.4. The predicted octanol–water partition coefficient (Wildman–Crippen LogP) is 1.18. The van der Waals surface area contributed by atoms with Crippen LogP contribution in [0.5, 0.6) is 0 Å². The quantitative estimate of drug-likeness (QED) is 0.819. The van der Waals surface area contributed by atoms with Gasteiger partial charge in [0, 0.05) is 19.2 Å². The molecule has 3 N–H and O–H groups in total. The van der Waals surface area contributed by atoms with E-state index >= 15 is 0 Å². The van der Waals surface area contributed by atoms with Gasteiger partial charge in [0.2, 0.25) is 0 Å². The maximum Gasteiger partial charge on any atom is 0.252 e. The van der Waals surface area contributed by atoms with E-state index in [9.17, 15) is 4.79 Å². The number of carbonyl (C=O) groups is 1. The minimum atomic E-state index is -0.309. The monoisotopic (exact) mass is 299 g/mol. The normalized spacial score (nSPS) is 23.7. The van der Waals surface area contributed by atoms with E-state index in [2.05, 4.69) is 17.3 Å². The number of amides is 1. The lowest BCUT2D eigenvalue weighted by molar-refractivity contribution is -0.124. The van der Waals surface area contributed by atoms with E-state index in [1.165, 1.54) is 0 Å². The average Bonchev–Trinajstić information content (AvgIpc) is 2.79. The van der Waals surface area contributed by atoms with Crippen LogP contribution in [0.2, 0.25) is 0 Å². The highest BCUT2D eigenvalue weighted by atomic mass is 16.2. The number of rotatable bonds is 4. The van der Waals surface area contributed by atoms with Crippen LogP contribution in [0.1, 0.15) is 25.3 Å². The summed E-state index contributed by atoms with van der Waals surface area (Å²) < 4.78 is 0. The molecule has 1 aromatic carbocycles. The fourth-order valence-corrected chi connectivity index (χ4v) is 2.96. The molecule has 6 nitrogen and oxygen atoms in total. The molecule has 0 aromatic heterocycles. The van der Waals surface area contributed by atoms with Crippen molar-refractivity contribution in [3.05, 3.63) is 29.8 Å². The third-order valence-corrected chi connectivity index (χ3v) is 4.02. The van der Waals surface area contributed by atoms with Gasteiger partial charge >= 0.3 is 0 Å². The Bertz CT molecular complexity index is 634. The Hall–Kier alpha value is -2.37. The number of hydrogen-bond donors (Lipinski definition) is 2. The van der Waals surface area contributed by atoms with E-state index in [1.807, 2.05) is 31.3 Å². The van der Waals surface area contributed by atoms with Crippen LogP contribution in [0.25, 0.3) is 0 Å². The highest BCUT2D eigenvalue weighted by Gasteiger charge is 2.43. The third kappa shape index (κ3) is 2.68. The van der Waals surface area contributed by atoms with Crippen molar-refractivity contribution in [3.8, 4) is 0 Å². The standard InChI is InChI=1S/C16H21N5O/c1-3-4-12-14-15(21(2)20-12)16(22)19-13(18-14)9-10-5-7-11(17)8-6-10/h5-8,14-15H,3-4,9,17H2,1-2H3,(H,18,19,22). The number of amidine groups is 1. The number of fused-ring (bicyclic) bond motifs is 1. The number of nitrogens with one attached hydrogen (secondary N) is 1. The number of anilines is 1. The lowest BCUT2D eigenvalue weighted by Gasteiger charge is -2.27. The largest absolute Gasteiger partial charge is 0.399 e. The molecule has 1 aromatic rings. The van der Waals surface area contributed by atoms with Crippen LogP contribution in [0.3, 0.4) is 0 Å². The van der Waals surface area contributed by atoms with Crippen molar-refractivity contribution in [1.29, 1.82) is 0 Å². The Morgan fingerprint density at radius 1 is 1.32 bits per heavy atom. The SMILES string of the molecule is CCCC1=NN(C)C2C(=O)NC(Cc3ccc(N)cc3)=NC12. The van der Waals surface area contributed by atoms with Crippen molar-refractivity contribution in [2.24, 2.45) is 10.1 Å². The Kier molecular flexibility index (Phi) is 3.83. The van der Waals surface area contributed by atoms with Crippen LogP contribution in [-0.2, 0) is 11.2 Å². The molecule has 2 atom stereocenters. The zero-order chi connectivity index (χ0) is 15.7. The topological polar surface area (TPSA) is 83.1 Å². The van der Waals surface area contributed by atoms with Crippen LogP contribution >= 0.6 is 0 Å². The summed E-state index contributed by atoms with van der Waals surface area (Å²) in [6.07, 6.45) is 2.47. The maximum absolute atomic E-state index is 12.4. The number of nitrogen functional groups attached to an aromatic ring is 1. The minimum absolute atomic E-state index is 0.0252. The van der Waals surface area contributed by atoms with Gasteiger partial charge in [-0.2, -0.15) is 5.10 Å². The molecule has 6 heteroatoms. The second kappa shape index (κ2) is 5.79. The molecular weight excluding hydrogens is 278 g/mol. The van der Waals surface area contributed by atoms with Crippen LogP contribution < -0.4 is 11.1 Å². The number of nitrogens with zero attached hydrogens (tertiary/aromatic N) is 3. The predicted molar refractivity (Wildman–Crippen MR) is 87.8 cm³/mol. The molecule has 0 aliphatic carbocycles. The first-order chi connectivity index (χ1) is 10.6. The van der Waals surface area contributed by atoms with Crippen LogP contribution in [0.4, 0.5) is 5.69 Å². The summed E-state index contributed by atoms with van der Waals surface area (Å²) in [5, 5.41) is 9.13. The van der Waals surface area contributed by atoms with Gasteiger partial charge in [-0.05, 0) is 24.1 Å². The molecule has 3 rings (SSSR count). The van der Waals surface area contributed by atoms with Crippen LogP contribution in [0, 0.1) is 0 Å². The van der Waals surface area contributed by atoms with Gasteiger partial charge in [0.25, 0.3) is 5.91 Å². The first-order valence-corrected chi connectivity index (χ1v) is 7.60. The Morgan fingerprint density at radius 3 is 2.73 bits per heavy atom. The van der Waals surface area contributed by atoms with Gasteiger partial charge in [-0.15, -0.1) is 0 Å². The number of nitrogens with two attached hydrogens (primary N) is 1. The molecule has 116 valence electrons. The smallest absolute Gasteiger partial charge is 0.252 e. The molecule has 1 amide bonds. The van der Waals surface area contributed by atoms with Gasteiger partial charge in [0.15, 0.2) is 6.04 Å². The van der Waals surface area contributed by atoms with Crippen LogP contribution in [-0.4, -0.2) is 41.6 Å². The van der Waals surface area contributed by atoms with Gasteiger partial charge in [-0.25, -0.2) is 0 Å². The third-order valence-electron chi connectivity index (χ3n) is 4.02. The highest BCUT2D eigenvalue weighted by Crippen LogP contribution is 2.23. The summed E-state index contributed by atoms with van der Waals surface area (Å²) in [6, 6.07) is 7.17. The molecule has 0 bridgehead atoms. The molecule has 0 saturated carbocycles. The molecule has 0 saturated heterocycles. The van der Waals surface area contributed by atoms with Crippen molar-refractivity contribution < 1.29 is 4.79 Å². The number of hydrazone groups is 1. The fraction of sp³-hybridized carbons (Fsp3) is 0.438. The van der Waals surface area contributed by atoms with Crippen molar-refractivity contribution in [1.82, 2.24) is 10.3 Å². The van der Waals surface area contributed by atoms with E-state index in [0.717, 1.165) is 29.8 Å². The van der Waals surface area contributed by atoms with Crippen molar-refractivity contribution in [2.45, 2.75) is 38.3 Å². The Balaban J connectivity index is 1.82. The molecule has 2 heterocycles. The van der Waals surface area contributed by atoms with E-state index in [1.54, 1.807) is 5.01 Å². The lowest BCUT2D eigenvalue weighted by Crippen LogP contribution is -2.54. The highest BCUT2D eigenvalue weighted by molar-refractivity contribution is 6.09. The van der Waals surface area contributed by atoms with E-state index in [0.29, 0.717) is 12.3 Å². The number of likely N-dealkylation sites (N-methyl/N-ethyl adjacent to an activating group) is 1. The fourth-order valence-electron chi connectivity index (χ4n) is 2.96. The zero-order valence-corrected chi connectivity index (χ0v) is 12.9. The summed E-state index contributed by atoms with van der Waals surface area (Å²) in [4.78, 5) is 17.1. The van der Waals surface area contributed by atoms with Gasteiger partial charge in [-0.3, -0.25) is 14.8 Å². The molecular formula is C16H21N5O. The van der Waals surface area contributed by atoms with Crippen molar-refractivity contribution >= 4 is 23.1 Å². The lowest BCUT2D eigenvalue weighted by atomic mass is 9.98. The molecule has 0 fully saturated rings. The number of benzene rings is 1. The molecule has 2 aliphatic heterocycles. The van der Waals surface area contributed by atoms with Crippen LogP contribution in [0.15, 0.2) is 34.4 Å². The Morgan fingerprint density at radius 2 is 2.05 bits per heavy atom. The minimum Gasteiger partial charge on any atom is -0.399 e. The first kappa shape index (κ1) is 14.6. The van der Waals surface area contributed by atoms with E-state index in [4.69, 9.17) is 10.7 Å². The second-order valence-corrected chi connectivity index (χ2v) is 5.79. The molecule has 0 spiro atoms. The number of aliphatic imine (C=N–C) groups is 1. The molecule has 0 radical (unpaired) electrons. The molecule has 2 unspecified atom stereocenters. The number of carbonyl (C=O) groups excluding carboxylic acids is 1. The van der Waals surface area contributed by atoms with E-state index in [-0.39, 0.29) is 18.0 Å². The van der Waals surface area contributed by atoms with Gasteiger partial charge < -0.3 is 11.1 Å². The molecule has 2 aliphatic rings. The summed E-state index contributed by atoms with van der Waals surface area (Å²) in [7, 11) is 1.83. The summed E-state index contributed by atoms with van der Waals surface area (Å²) >= 11 is 0. The van der Waals surface area contributed by atoms with E-state index < -0.39 is 0 Å². The van der Waals surface area contributed by atoms with Gasteiger partial charge in [0.05, 0.1) is 5.71 Å². The van der Waals surface area contributed by atoms with Crippen molar-refractivity contribution in [3.63, 3.8) is 0 Å². The molecule has 22 heavy (non-hydrogen) atoms. The number of hydrogen-bond acceptors (Lipinski definition) is 5. The zero-order valence-electron chi connectivity index (χ0n) is 12.9. The summed E-state index contributed by atoms with van der Waals surface area (Å²) in [5.74, 6) is 0.679. The first-order valence-electron chi connectivity index (χ1n) is 7.60. The second-order valence-electron chi connectivity index (χ2n) is 5.79. The summed E-state index contributed by atoms with van der Waals surface area (Å²) in [6.45, 7) is 2.11. The van der Waals surface area contributed by atoms with Gasteiger partial charge in [0.1, 0.15) is 11.9 Å². The average molecular weight is 299 g/mol. The Labute approximate surface area is 130 Å².